The van der Waals surface area contributed by atoms with Crippen LogP contribution < -0.4 is 21.3 Å². The van der Waals surface area contributed by atoms with Crippen LogP contribution in [0, 0.1) is 0 Å². The molecule has 1 aromatic carbocycles. The van der Waals surface area contributed by atoms with E-state index in [9.17, 15) is 14.7 Å². The van der Waals surface area contributed by atoms with Gasteiger partial charge in [-0.1, -0.05) is 24.6 Å². The lowest BCUT2D eigenvalue weighted by molar-refractivity contribution is -0.117. The number of carbonyl (C=O) groups excluding carboxylic acids is 2. The van der Waals surface area contributed by atoms with E-state index >= 15 is 0 Å². The lowest BCUT2D eigenvalue weighted by Gasteiger charge is -2.15. The summed E-state index contributed by atoms with van der Waals surface area (Å²) in [5.41, 5.74) is 3.64. The second kappa shape index (κ2) is 11.0. The summed E-state index contributed by atoms with van der Waals surface area (Å²) >= 11 is 6.09. The van der Waals surface area contributed by atoms with Gasteiger partial charge in [-0.15, -0.1) is 0 Å². The number of hydrogen-bond donors (Lipinski definition) is 5. The van der Waals surface area contributed by atoms with Gasteiger partial charge in [0.05, 0.1) is 11.7 Å². The molecule has 8 heteroatoms. The van der Waals surface area contributed by atoms with Crippen molar-refractivity contribution in [3.8, 4) is 0 Å². The second-order valence-corrected chi connectivity index (χ2v) is 7.30. The van der Waals surface area contributed by atoms with Crippen LogP contribution in [0.5, 0.6) is 0 Å². The highest BCUT2D eigenvalue weighted by Gasteiger charge is 2.25. The lowest BCUT2D eigenvalue weighted by Crippen LogP contribution is -2.38. The summed E-state index contributed by atoms with van der Waals surface area (Å²) in [7, 11) is 1.73. The Labute approximate surface area is 182 Å². The third-order valence-corrected chi connectivity index (χ3v) is 5.03. The molecule has 5 N–H and O–H groups in total. The van der Waals surface area contributed by atoms with Crippen molar-refractivity contribution in [1.82, 2.24) is 16.0 Å². The number of benzene rings is 1. The Balaban J connectivity index is 2.27. The summed E-state index contributed by atoms with van der Waals surface area (Å²) in [6.45, 7) is 6.81. The predicted molar refractivity (Wildman–Crippen MR) is 121 cm³/mol. The molecule has 2 rings (SSSR count). The molecule has 1 aliphatic rings. The molecule has 0 spiro atoms. The van der Waals surface area contributed by atoms with Crippen LogP contribution in [0.25, 0.3) is 5.57 Å². The fourth-order valence-corrected chi connectivity index (χ4v) is 3.34. The number of nitrogens with one attached hydrogen (secondary N) is 4. The number of fused-ring (bicyclic) bond motifs is 1. The third-order valence-electron chi connectivity index (χ3n) is 4.79. The zero-order valence-electron chi connectivity index (χ0n) is 17.7. The van der Waals surface area contributed by atoms with Crippen molar-refractivity contribution in [2.45, 2.75) is 26.9 Å². The maximum atomic E-state index is 12.7. The number of likely N-dealkylation sites (N-methyl/N-ethyl adjacent to an activating group) is 2. The van der Waals surface area contributed by atoms with Gasteiger partial charge in [0.25, 0.3) is 11.8 Å². The number of amides is 2. The largest absolute Gasteiger partial charge is 0.390 e. The van der Waals surface area contributed by atoms with Gasteiger partial charge in [0, 0.05) is 47.7 Å². The Bertz CT molecular complexity index is 906. The van der Waals surface area contributed by atoms with E-state index < -0.39 is 6.10 Å². The van der Waals surface area contributed by atoms with Crippen LogP contribution in [0.1, 0.15) is 26.3 Å². The van der Waals surface area contributed by atoms with Gasteiger partial charge >= 0.3 is 0 Å². The summed E-state index contributed by atoms with van der Waals surface area (Å²) in [6.07, 6.45) is 2.74. The number of aliphatic hydroxyl groups is 1. The normalized spacial score (nSPS) is 16.7. The average molecular weight is 433 g/mol. The molecule has 1 atom stereocenters. The third kappa shape index (κ3) is 5.72. The molecule has 0 radical (unpaired) electrons. The van der Waals surface area contributed by atoms with Gasteiger partial charge in [0.15, 0.2) is 0 Å². The van der Waals surface area contributed by atoms with E-state index in [4.69, 9.17) is 11.6 Å². The number of carbonyl (C=O) groups is 2. The van der Waals surface area contributed by atoms with Crippen LogP contribution in [-0.4, -0.2) is 49.7 Å². The van der Waals surface area contributed by atoms with Gasteiger partial charge in [-0.2, -0.15) is 0 Å². The maximum absolute atomic E-state index is 12.7. The number of anilines is 1. The Morgan fingerprint density at radius 2 is 2.07 bits per heavy atom. The number of rotatable bonds is 9. The van der Waals surface area contributed by atoms with Crippen molar-refractivity contribution >= 4 is 34.7 Å². The first kappa shape index (κ1) is 23.7. The van der Waals surface area contributed by atoms with Gasteiger partial charge in [0.1, 0.15) is 0 Å². The monoisotopic (exact) mass is 432 g/mol. The van der Waals surface area contributed by atoms with Crippen LogP contribution in [0.3, 0.4) is 0 Å². The first-order valence-corrected chi connectivity index (χ1v) is 10.2. The predicted octanol–water partition coefficient (Wildman–Crippen LogP) is 2.20. The van der Waals surface area contributed by atoms with E-state index in [1.54, 1.807) is 51.2 Å². The summed E-state index contributed by atoms with van der Waals surface area (Å²) in [4.78, 5) is 25.1. The highest BCUT2D eigenvalue weighted by molar-refractivity contribution is 6.34. The molecular weight excluding hydrogens is 404 g/mol. The van der Waals surface area contributed by atoms with E-state index in [0.717, 1.165) is 6.54 Å². The molecule has 0 saturated carbocycles. The lowest BCUT2D eigenvalue weighted by atomic mass is 10.0. The van der Waals surface area contributed by atoms with Gasteiger partial charge in [-0.3, -0.25) is 9.59 Å². The number of hydrogen-bond acceptors (Lipinski definition) is 5. The van der Waals surface area contributed by atoms with Crippen molar-refractivity contribution < 1.29 is 14.7 Å². The van der Waals surface area contributed by atoms with Gasteiger partial charge in [-0.25, -0.2) is 0 Å². The highest BCUT2D eigenvalue weighted by atomic mass is 35.5. The topological polar surface area (TPSA) is 102 Å². The summed E-state index contributed by atoms with van der Waals surface area (Å²) < 4.78 is 0. The molecular formula is C22H29ClN4O3. The molecule has 0 saturated heterocycles. The quantitative estimate of drug-likeness (QED) is 0.304. The minimum atomic E-state index is -0.675. The van der Waals surface area contributed by atoms with E-state index in [-0.39, 0.29) is 18.4 Å². The van der Waals surface area contributed by atoms with Gasteiger partial charge in [0.2, 0.25) is 0 Å². The minimum Gasteiger partial charge on any atom is -0.390 e. The zero-order valence-corrected chi connectivity index (χ0v) is 18.5. The maximum Gasteiger partial charge on any atom is 0.256 e. The SMILES string of the molecule is C/C=C(C(=O)NCC(O)CNCC)/C(C)=C(/C=C1\C(=O)Nc2ccc(Cl)cc21)NC. The van der Waals surface area contributed by atoms with Crippen molar-refractivity contribution in [3.05, 3.63) is 57.8 Å². The van der Waals surface area contributed by atoms with Crippen molar-refractivity contribution in [1.29, 1.82) is 0 Å². The van der Waals surface area contributed by atoms with Crippen LogP contribution >= 0.6 is 11.6 Å². The van der Waals surface area contributed by atoms with Crippen molar-refractivity contribution in [2.75, 3.05) is 32.0 Å². The average Bonchev–Trinajstić information content (AvgIpc) is 3.03. The summed E-state index contributed by atoms with van der Waals surface area (Å²) in [5.74, 6) is -0.526. The molecule has 162 valence electrons. The molecule has 2 amide bonds. The van der Waals surface area contributed by atoms with E-state index in [0.29, 0.717) is 45.2 Å². The van der Waals surface area contributed by atoms with E-state index in [1.807, 2.05) is 6.92 Å². The van der Waals surface area contributed by atoms with Crippen LogP contribution in [0.4, 0.5) is 5.69 Å². The fraction of sp³-hybridized carbons (Fsp3) is 0.364. The molecule has 0 aliphatic carbocycles. The molecule has 1 aromatic rings. The van der Waals surface area contributed by atoms with Crippen molar-refractivity contribution in [3.63, 3.8) is 0 Å². The van der Waals surface area contributed by atoms with Crippen LogP contribution in [-0.2, 0) is 9.59 Å². The molecule has 30 heavy (non-hydrogen) atoms. The minimum absolute atomic E-state index is 0.140. The number of halogens is 1. The first-order chi connectivity index (χ1) is 14.3. The molecule has 0 fully saturated rings. The standard InChI is InChI=1S/C22H29ClN4O3/c1-5-16(21(29)26-12-15(28)11-25-6-2)13(3)20(24-4)10-18-17-9-14(23)7-8-19(17)27-22(18)30/h5,7-10,15,24-25,28H,6,11-12H2,1-4H3,(H,26,29)(H,27,30)/b16-5-,18-10-,20-13-. The Kier molecular flexibility index (Phi) is 8.65. The van der Waals surface area contributed by atoms with Crippen molar-refractivity contribution in [2.24, 2.45) is 0 Å². The summed E-state index contributed by atoms with van der Waals surface area (Å²) in [6, 6.07) is 5.21. The van der Waals surface area contributed by atoms with Crippen LogP contribution in [0.2, 0.25) is 5.02 Å². The molecule has 7 nitrogen and oxygen atoms in total. The Morgan fingerprint density at radius 1 is 1.33 bits per heavy atom. The molecule has 1 heterocycles. The highest BCUT2D eigenvalue weighted by Crippen LogP contribution is 2.34. The molecule has 0 aromatic heterocycles. The summed E-state index contributed by atoms with van der Waals surface area (Å²) in [5, 5.41) is 22.1. The number of allylic oxidation sites excluding steroid dienone is 2. The zero-order chi connectivity index (χ0) is 22.3. The molecule has 1 unspecified atom stereocenters. The van der Waals surface area contributed by atoms with Gasteiger partial charge < -0.3 is 26.4 Å². The number of aliphatic hydroxyl groups excluding tert-OH is 1. The molecule has 0 bridgehead atoms. The first-order valence-electron chi connectivity index (χ1n) is 9.87. The Hall–Kier alpha value is -2.61. The van der Waals surface area contributed by atoms with E-state index in [1.165, 1.54) is 0 Å². The molecule has 1 aliphatic heterocycles. The smallest absolute Gasteiger partial charge is 0.256 e. The van der Waals surface area contributed by atoms with Gasteiger partial charge in [-0.05, 0) is 50.2 Å². The Morgan fingerprint density at radius 3 is 2.70 bits per heavy atom. The fourth-order valence-electron chi connectivity index (χ4n) is 3.17. The van der Waals surface area contributed by atoms with E-state index in [2.05, 4.69) is 21.3 Å². The second-order valence-electron chi connectivity index (χ2n) is 6.86. The van der Waals surface area contributed by atoms with Crippen LogP contribution in [0.15, 0.2) is 47.2 Å².